The summed E-state index contributed by atoms with van der Waals surface area (Å²) in [5.41, 5.74) is 1.19. The lowest BCUT2D eigenvalue weighted by atomic mass is 9.66. The van der Waals surface area contributed by atoms with Crippen LogP contribution in [0.25, 0.3) is 5.52 Å². The Morgan fingerprint density at radius 1 is 0.974 bits per heavy atom. The van der Waals surface area contributed by atoms with E-state index >= 15 is 0 Å². The summed E-state index contributed by atoms with van der Waals surface area (Å²) in [5, 5.41) is 11.6. The van der Waals surface area contributed by atoms with Gasteiger partial charge in [0.2, 0.25) is 5.95 Å². The van der Waals surface area contributed by atoms with E-state index in [2.05, 4.69) is 4.90 Å². The van der Waals surface area contributed by atoms with Gasteiger partial charge < -0.3 is 14.9 Å². The molecule has 8 nitrogen and oxygen atoms in total. The number of aromatic nitrogens is 2. The molecule has 2 aromatic heterocycles. The zero-order valence-electron chi connectivity index (χ0n) is 21.9. The lowest BCUT2D eigenvalue weighted by Gasteiger charge is -2.52. The summed E-state index contributed by atoms with van der Waals surface area (Å²) in [6.45, 7) is 1.64. The predicted molar refractivity (Wildman–Crippen MR) is 147 cm³/mol. The molecule has 1 saturated carbocycles. The molecule has 3 aromatic rings. The first-order valence-corrected chi connectivity index (χ1v) is 15.7. The van der Waals surface area contributed by atoms with E-state index in [4.69, 9.17) is 4.98 Å². The average Bonchev–Trinajstić information content (AvgIpc) is 3.33. The number of aliphatic hydroxyl groups is 1. The number of rotatable bonds is 4. The van der Waals surface area contributed by atoms with Crippen LogP contribution in [-0.4, -0.2) is 70.9 Å². The second-order valence-corrected chi connectivity index (χ2v) is 13.6. The summed E-state index contributed by atoms with van der Waals surface area (Å²) in [6.07, 6.45) is 8.71. The van der Waals surface area contributed by atoms with Gasteiger partial charge in [-0.2, -0.15) is 0 Å². The number of imidazole rings is 1. The highest BCUT2D eigenvalue weighted by Crippen LogP contribution is 2.47. The molecule has 1 amide bonds. The van der Waals surface area contributed by atoms with Crippen LogP contribution < -0.4 is 4.90 Å². The molecule has 3 aliphatic rings. The lowest BCUT2D eigenvalue weighted by molar-refractivity contribution is -0.110. The van der Waals surface area contributed by atoms with Crippen molar-refractivity contribution in [1.82, 2.24) is 14.3 Å². The first kappa shape index (κ1) is 25.4. The van der Waals surface area contributed by atoms with Gasteiger partial charge in [-0.3, -0.25) is 9.20 Å². The number of anilines is 1. The van der Waals surface area contributed by atoms with Gasteiger partial charge in [0, 0.05) is 44.0 Å². The Labute approximate surface area is 224 Å². The fourth-order valence-corrected chi connectivity index (χ4v) is 8.11. The second kappa shape index (κ2) is 9.68. The van der Waals surface area contributed by atoms with Crippen LogP contribution in [0.15, 0.2) is 54.7 Å². The monoisotopic (exact) mass is 536 g/mol. The minimum atomic E-state index is -3.07. The van der Waals surface area contributed by atoms with Crippen LogP contribution >= 0.6 is 0 Å². The quantitative estimate of drug-likeness (QED) is 0.547. The third-order valence-electron chi connectivity index (χ3n) is 9.07. The van der Waals surface area contributed by atoms with E-state index in [9.17, 15) is 18.3 Å². The molecule has 6 rings (SSSR count). The Morgan fingerprint density at radius 3 is 2.42 bits per heavy atom. The zero-order chi connectivity index (χ0) is 26.5. The number of pyridine rings is 1. The number of hydrogen-bond acceptors (Lipinski definition) is 6. The van der Waals surface area contributed by atoms with Gasteiger partial charge in [0.1, 0.15) is 9.84 Å². The topological polar surface area (TPSA) is 95.2 Å². The number of carbonyl (C=O) groups is 1. The van der Waals surface area contributed by atoms with Gasteiger partial charge in [0.05, 0.1) is 16.4 Å². The maximum Gasteiger partial charge on any atom is 0.275 e. The Hall–Kier alpha value is -2.91. The molecule has 2 aliphatic heterocycles. The molecule has 1 unspecified atom stereocenters. The van der Waals surface area contributed by atoms with Gasteiger partial charge >= 0.3 is 0 Å². The van der Waals surface area contributed by atoms with Crippen LogP contribution in [0, 0.1) is 5.92 Å². The number of amides is 1. The number of benzene rings is 1. The van der Waals surface area contributed by atoms with E-state index in [-0.39, 0.29) is 23.1 Å². The van der Waals surface area contributed by atoms with Crippen molar-refractivity contribution in [3.63, 3.8) is 0 Å². The van der Waals surface area contributed by atoms with Crippen LogP contribution in [0.3, 0.4) is 0 Å². The fraction of sp³-hybridized carbons (Fsp3) is 0.517. The normalized spacial score (nSPS) is 26.9. The standard InChI is InChI=1S/C29H36N4O4S/c1-38(36,37)22-14-18-31(19-15-22)28-30-26(25-13-7-8-17-33(25)28)27(34)32-20-16-29(35,21-9-3-2-4-10-21)23-11-5-6-12-24(23)32/h2-4,7-10,13,17,22-24,35H,5-6,11-12,14-16,18-20H2,1H3/t23-,24+,29?/m1/s1. The van der Waals surface area contributed by atoms with Gasteiger partial charge in [0.15, 0.2) is 5.69 Å². The number of piperidine rings is 2. The highest BCUT2D eigenvalue weighted by atomic mass is 32.2. The van der Waals surface area contributed by atoms with Crippen LogP contribution in [0.1, 0.15) is 61.0 Å². The van der Waals surface area contributed by atoms with Crippen LogP contribution in [0.4, 0.5) is 5.95 Å². The third kappa shape index (κ3) is 4.29. The average molecular weight is 537 g/mol. The minimum Gasteiger partial charge on any atom is -0.385 e. The highest BCUT2D eigenvalue weighted by Gasteiger charge is 2.50. The molecule has 1 aromatic carbocycles. The summed E-state index contributed by atoms with van der Waals surface area (Å²) < 4.78 is 26.1. The van der Waals surface area contributed by atoms with E-state index < -0.39 is 15.4 Å². The maximum absolute atomic E-state index is 14.2. The molecule has 38 heavy (non-hydrogen) atoms. The largest absolute Gasteiger partial charge is 0.385 e. The van der Waals surface area contributed by atoms with Crippen molar-refractivity contribution in [1.29, 1.82) is 0 Å². The SMILES string of the molecule is CS(=O)(=O)C1CCN(c2nc(C(=O)N3CCC(O)(c4ccccc4)[C@@H]4CCCC[C@@H]43)c3ccccn23)CC1. The summed E-state index contributed by atoms with van der Waals surface area (Å²) >= 11 is 0. The third-order valence-corrected chi connectivity index (χ3v) is 10.8. The number of likely N-dealkylation sites (tertiary alicyclic amines) is 1. The fourth-order valence-electron chi connectivity index (χ4n) is 7.04. The Morgan fingerprint density at radius 2 is 1.68 bits per heavy atom. The molecule has 1 aliphatic carbocycles. The van der Waals surface area contributed by atoms with Gasteiger partial charge in [0.25, 0.3) is 5.91 Å². The highest BCUT2D eigenvalue weighted by molar-refractivity contribution is 7.91. The number of nitrogens with zero attached hydrogens (tertiary/aromatic N) is 4. The van der Waals surface area contributed by atoms with Crippen LogP contribution in [0.2, 0.25) is 0 Å². The van der Waals surface area contributed by atoms with Gasteiger partial charge in [-0.1, -0.05) is 49.2 Å². The molecule has 4 heterocycles. The van der Waals surface area contributed by atoms with Crippen molar-refractivity contribution in [2.45, 2.75) is 61.8 Å². The number of fused-ring (bicyclic) bond motifs is 2. The van der Waals surface area contributed by atoms with Crippen LogP contribution in [0.5, 0.6) is 0 Å². The molecule has 0 bridgehead atoms. The first-order valence-electron chi connectivity index (χ1n) is 13.8. The number of carbonyl (C=O) groups excluding carboxylic acids is 1. The number of hydrogen-bond donors (Lipinski definition) is 1. The van der Waals surface area contributed by atoms with Crippen molar-refractivity contribution in [2.75, 3.05) is 30.8 Å². The second-order valence-electron chi connectivity index (χ2n) is 11.2. The predicted octanol–water partition coefficient (Wildman–Crippen LogP) is 3.64. The summed E-state index contributed by atoms with van der Waals surface area (Å²) in [6, 6.07) is 15.7. The van der Waals surface area contributed by atoms with Crippen molar-refractivity contribution < 1.29 is 18.3 Å². The molecule has 202 valence electrons. The molecule has 0 radical (unpaired) electrons. The molecule has 2 saturated heterocycles. The van der Waals surface area contributed by atoms with E-state index in [0.717, 1.165) is 36.8 Å². The van der Waals surface area contributed by atoms with E-state index in [1.165, 1.54) is 6.26 Å². The summed E-state index contributed by atoms with van der Waals surface area (Å²) in [4.78, 5) is 23.1. The Kier molecular flexibility index (Phi) is 6.46. The molecular weight excluding hydrogens is 500 g/mol. The summed E-state index contributed by atoms with van der Waals surface area (Å²) in [5.74, 6) is 0.589. The first-order chi connectivity index (χ1) is 18.3. The van der Waals surface area contributed by atoms with Gasteiger partial charge in [-0.15, -0.1) is 0 Å². The molecular formula is C29H36N4O4S. The minimum absolute atomic E-state index is 0.0141. The van der Waals surface area contributed by atoms with Crippen molar-refractivity contribution in [2.24, 2.45) is 5.92 Å². The van der Waals surface area contributed by atoms with Crippen molar-refractivity contribution in [3.05, 3.63) is 66.0 Å². The van der Waals surface area contributed by atoms with E-state index in [1.54, 1.807) is 0 Å². The van der Waals surface area contributed by atoms with Crippen LogP contribution in [-0.2, 0) is 15.4 Å². The molecule has 1 N–H and O–H groups in total. The Balaban J connectivity index is 1.31. The van der Waals surface area contributed by atoms with E-state index in [1.807, 2.05) is 64.0 Å². The smallest absolute Gasteiger partial charge is 0.275 e. The molecule has 3 atom stereocenters. The van der Waals surface area contributed by atoms with E-state index in [0.29, 0.717) is 50.5 Å². The summed E-state index contributed by atoms with van der Waals surface area (Å²) in [7, 11) is -3.07. The van der Waals surface area contributed by atoms with Gasteiger partial charge in [-0.25, -0.2) is 13.4 Å². The van der Waals surface area contributed by atoms with Crippen molar-refractivity contribution >= 4 is 27.2 Å². The zero-order valence-corrected chi connectivity index (χ0v) is 22.7. The molecule has 3 fully saturated rings. The number of sulfone groups is 1. The molecule has 0 spiro atoms. The Bertz CT molecular complexity index is 1430. The van der Waals surface area contributed by atoms with Gasteiger partial charge in [-0.05, 0) is 49.8 Å². The lowest BCUT2D eigenvalue weighted by Crippen LogP contribution is -2.59. The van der Waals surface area contributed by atoms with Crippen molar-refractivity contribution in [3.8, 4) is 0 Å². The molecule has 9 heteroatoms. The maximum atomic E-state index is 14.2.